The third kappa shape index (κ3) is 2.10. The first kappa shape index (κ1) is 12.2. The van der Waals surface area contributed by atoms with Gasteiger partial charge in [-0.1, -0.05) is 36.4 Å². The van der Waals surface area contributed by atoms with E-state index in [1.165, 1.54) is 0 Å². The lowest BCUT2D eigenvalue weighted by Gasteiger charge is -2.18. The number of amides is 1. The molecule has 1 saturated heterocycles. The Morgan fingerprint density at radius 2 is 1.89 bits per heavy atom. The minimum atomic E-state index is -0.434. The molecule has 19 heavy (non-hydrogen) atoms. The largest absolute Gasteiger partial charge is 0.311 e. The van der Waals surface area contributed by atoms with E-state index in [-0.39, 0.29) is 12.3 Å². The molecule has 1 amide bonds. The van der Waals surface area contributed by atoms with Gasteiger partial charge in [0, 0.05) is 18.4 Å². The van der Waals surface area contributed by atoms with Crippen LogP contribution in [0.4, 0.5) is 5.69 Å². The van der Waals surface area contributed by atoms with Crippen LogP contribution in [0.5, 0.6) is 0 Å². The summed E-state index contributed by atoms with van der Waals surface area (Å²) < 4.78 is 0. The first-order valence-corrected chi connectivity index (χ1v) is 6.52. The summed E-state index contributed by atoms with van der Waals surface area (Å²) in [5, 5.41) is 1.66. The molecule has 0 spiro atoms. The van der Waals surface area contributed by atoms with Crippen LogP contribution in [0.2, 0.25) is 0 Å². The monoisotopic (exact) mass is 273 g/mol. The van der Waals surface area contributed by atoms with Gasteiger partial charge < -0.3 is 4.90 Å². The molecule has 3 nitrogen and oxygen atoms in total. The second kappa shape index (κ2) is 4.67. The minimum absolute atomic E-state index is 0.0460. The molecule has 4 heteroatoms. The summed E-state index contributed by atoms with van der Waals surface area (Å²) in [6, 6.07) is 13.7. The fourth-order valence-electron chi connectivity index (χ4n) is 2.54. The Morgan fingerprint density at radius 1 is 1.16 bits per heavy atom. The summed E-state index contributed by atoms with van der Waals surface area (Å²) >= 11 is 5.50. The minimum Gasteiger partial charge on any atom is -0.311 e. The van der Waals surface area contributed by atoms with E-state index in [9.17, 15) is 9.59 Å². The number of benzene rings is 2. The third-order valence-electron chi connectivity index (χ3n) is 3.50. The first-order valence-electron chi connectivity index (χ1n) is 6.14. The van der Waals surface area contributed by atoms with Crippen LogP contribution < -0.4 is 4.90 Å². The first-order chi connectivity index (χ1) is 9.16. The van der Waals surface area contributed by atoms with Crippen molar-refractivity contribution in [1.82, 2.24) is 0 Å². The van der Waals surface area contributed by atoms with Crippen LogP contribution in [-0.2, 0) is 9.59 Å². The summed E-state index contributed by atoms with van der Waals surface area (Å²) in [5.74, 6) is -0.441. The Hall–Kier alpha value is -1.87. The average Bonchev–Trinajstić information content (AvgIpc) is 2.80. The smallest absolute Gasteiger partial charge is 0.227 e. The summed E-state index contributed by atoms with van der Waals surface area (Å²) in [6.45, 7) is 0.370. The second-order valence-corrected chi connectivity index (χ2v) is 5.08. The lowest BCUT2D eigenvalue weighted by molar-refractivity contribution is -0.120. The maximum atomic E-state index is 12.0. The highest BCUT2D eigenvalue weighted by atomic mass is 35.5. The molecule has 0 radical (unpaired) electrons. The van der Waals surface area contributed by atoms with E-state index in [0.717, 1.165) is 16.5 Å². The highest BCUT2D eigenvalue weighted by Gasteiger charge is 2.34. The van der Waals surface area contributed by atoms with Crippen LogP contribution >= 0.6 is 11.6 Å². The molecule has 2 aromatic rings. The number of carbonyl (C=O) groups is 2. The number of carbonyl (C=O) groups excluding carboxylic acids is 2. The van der Waals surface area contributed by atoms with Crippen molar-refractivity contribution in [3.8, 4) is 0 Å². The van der Waals surface area contributed by atoms with Gasteiger partial charge in [0.2, 0.25) is 11.1 Å². The fourth-order valence-corrected chi connectivity index (χ4v) is 2.68. The number of hydrogen-bond acceptors (Lipinski definition) is 2. The Morgan fingerprint density at radius 3 is 2.63 bits per heavy atom. The summed E-state index contributed by atoms with van der Waals surface area (Å²) in [6.07, 6.45) is 0.200. The van der Waals surface area contributed by atoms with Crippen molar-refractivity contribution in [2.24, 2.45) is 5.92 Å². The van der Waals surface area contributed by atoms with E-state index >= 15 is 0 Å². The molecule has 1 heterocycles. The molecule has 3 rings (SSSR count). The fraction of sp³-hybridized carbons (Fsp3) is 0.200. The van der Waals surface area contributed by atoms with E-state index in [2.05, 4.69) is 0 Å². The van der Waals surface area contributed by atoms with Crippen molar-refractivity contribution in [2.75, 3.05) is 11.4 Å². The highest BCUT2D eigenvalue weighted by molar-refractivity contribution is 6.64. The van der Waals surface area contributed by atoms with Gasteiger partial charge in [-0.2, -0.15) is 0 Å². The van der Waals surface area contributed by atoms with Gasteiger partial charge in [-0.25, -0.2) is 0 Å². The van der Waals surface area contributed by atoms with Crippen LogP contribution in [0, 0.1) is 5.92 Å². The van der Waals surface area contributed by atoms with E-state index in [1.54, 1.807) is 4.90 Å². The van der Waals surface area contributed by atoms with Crippen molar-refractivity contribution < 1.29 is 9.59 Å². The number of rotatable bonds is 2. The van der Waals surface area contributed by atoms with E-state index < -0.39 is 11.2 Å². The van der Waals surface area contributed by atoms with E-state index in [0.29, 0.717) is 6.54 Å². The Kier molecular flexibility index (Phi) is 2.99. The zero-order valence-corrected chi connectivity index (χ0v) is 10.9. The Labute approximate surface area is 115 Å². The molecule has 0 aliphatic carbocycles. The average molecular weight is 274 g/mol. The molecule has 0 bridgehead atoms. The van der Waals surface area contributed by atoms with Gasteiger partial charge >= 0.3 is 0 Å². The predicted molar refractivity (Wildman–Crippen MR) is 75.3 cm³/mol. The van der Waals surface area contributed by atoms with E-state index in [4.69, 9.17) is 11.6 Å². The number of nitrogens with zero attached hydrogens (tertiary/aromatic N) is 1. The Balaban J connectivity index is 2.05. The summed E-state index contributed by atoms with van der Waals surface area (Å²) in [4.78, 5) is 24.9. The quantitative estimate of drug-likeness (QED) is 0.789. The maximum Gasteiger partial charge on any atom is 0.227 e. The van der Waals surface area contributed by atoms with Crippen LogP contribution in [0.15, 0.2) is 42.5 Å². The van der Waals surface area contributed by atoms with Crippen LogP contribution in [-0.4, -0.2) is 17.7 Å². The van der Waals surface area contributed by atoms with Crippen molar-refractivity contribution in [1.29, 1.82) is 0 Å². The molecule has 0 saturated carbocycles. The number of hydrogen-bond donors (Lipinski definition) is 0. The lowest BCUT2D eigenvalue weighted by Crippen LogP contribution is -2.25. The molecule has 2 aromatic carbocycles. The highest BCUT2D eigenvalue weighted by Crippen LogP contribution is 2.32. The van der Waals surface area contributed by atoms with Gasteiger partial charge in [-0.15, -0.1) is 0 Å². The molecule has 96 valence electrons. The zero-order valence-electron chi connectivity index (χ0n) is 10.2. The maximum absolute atomic E-state index is 12.0. The van der Waals surface area contributed by atoms with Crippen LogP contribution in [0.25, 0.3) is 10.8 Å². The predicted octanol–water partition coefficient (Wildman–Crippen LogP) is 2.96. The van der Waals surface area contributed by atoms with Crippen molar-refractivity contribution >= 4 is 39.2 Å². The van der Waals surface area contributed by atoms with Crippen molar-refractivity contribution in [3.05, 3.63) is 42.5 Å². The van der Waals surface area contributed by atoms with Gasteiger partial charge in [0.05, 0.1) is 11.6 Å². The number of halogens is 1. The van der Waals surface area contributed by atoms with Gasteiger partial charge in [-0.05, 0) is 23.1 Å². The molecule has 1 atom stereocenters. The zero-order chi connectivity index (χ0) is 13.4. The molecule has 1 aliphatic rings. The molecule has 0 N–H and O–H groups in total. The SMILES string of the molecule is O=C(Cl)[C@H]1CC(=O)N(c2cccc3ccccc23)C1. The standard InChI is InChI=1S/C15H12ClNO2/c16-15(19)11-8-14(18)17(9-11)13-7-3-5-10-4-1-2-6-12(10)13/h1-7,11H,8-9H2/t11-/m0/s1. The molecular formula is C15H12ClNO2. The molecule has 1 fully saturated rings. The van der Waals surface area contributed by atoms with Crippen LogP contribution in [0.1, 0.15) is 6.42 Å². The molecule has 0 aromatic heterocycles. The topological polar surface area (TPSA) is 37.4 Å². The summed E-state index contributed by atoms with van der Waals surface area (Å²) in [7, 11) is 0. The van der Waals surface area contributed by atoms with Gasteiger partial charge in [0.1, 0.15) is 0 Å². The number of fused-ring (bicyclic) bond motifs is 1. The van der Waals surface area contributed by atoms with E-state index in [1.807, 2.05) is 42.5 Å². The normalized spacial score (nSPS) is 19.1. The second-order valence-electron chi connectivity index (χ2n) is 4.71. The van der Waals surface area contributed by atoms with Crippen LogP contribution in [0.3, 0.4) is 0 Å². The van der Waals surface area contributed by atoms with Gasteiger partial charge in [0.15, 0.2) is 0 Å². The van der Waals surface area contributed by atoms with Gasteiger partial charge in [-0.3, -0.25) is 9.59 Å². The molecule has 0 unspecified atom stereocenters. The van der Waals surface area contributed by atoms with Crippen molar-refractivity contribution in [2.45, 2.75) is 6.42 Å². The lowest BCUT2D eigenvalue weighted by atomic mass is 10.1. The Bertz CT molecular complexity index is 663. The van der Waals surface area contributed by atoms with Gasteiger partial charge in [0.25, 0.3) is 0 Å². The molecular weight excluding hydrogens is 262 g/mol. The third-order valence-corrected chi connectivity index (χ3v) is 3.81. The summed E-state index contributed by atoms with van der Waals surface area (Å²) in [5.41, 5.74) is 0.850. The number of anilines is 1. The molecule has 1 aliphatic heterocycles. The van der Waals surface area contributed by atoms with Crippen molar-refractivity contribution in [3.63, 3.8) is 0 Å².